The van der Waals surface area contributed by atoms with Gasteiger partial charge >= 0.3 is 5.97 Å². The molecule has 8 nitrogen and oxygen atoms in total. The summed E-state index contributed by atoms with van der Waals surface area (Å²) in [5.41, 5.74) is 1.92. The lowest BCUT2D eigenvalue weighted by atomic mass is 9.92. The highest BCUT2D eigenvalue weighted by atomic mass is 35.5. The van der Waals surface area contributed by atoms with Crippen LogP contribution in [0.15, 0.2) is 48.7 Å². The first kappa shape index (κ1) is 22.9. The summed E-state index contributed by atoms with van der Waals surface area (Å²) in [6.07, 6.45) is 1.44. The van der Waals surface area contributed by atoms with E-state index in [9.17, 15) is 19.1 Å². The number of aliphatic carboxylic acids is 1. The molecule has 2 atom stereocenters. The molecule has 3 N–H and O–H groups in total. The van der Waals surface area contributed by atoms with Crippen molar-refractivity contribution in [2.45, 2.75) is 25.3 Å². The number of carboxylic acid groups (broad SMARTS) is 1. The largest absolute Gasteiger partial charge is 0.481 e. The Labute approximate surface area is 188 Å². The summed E-state index contributed by atoms with van der Waals surface area (Å²) in [7, 11) is 0. The van der Waals surface area contributed by atoms with Crippen molar-refractivity contribution in [2.24, 2.45) is 5.92 Å². The Morgan fingerprint density at radius 2 is 2.00 bits per heavy atom. The average Bonchev–Trinajstić information content (AvgIpc) is 3.31. The van der Waals surface area contributed by atoms with E-state index in [0.29, 0.717) is 22.6 Å². The third-order valence-corrected chi connectivity index (χ3v) is 5.16. The van der Waals surface area contributed by atoms with E-state index in [0.717, 1.165) is 5.56 Å². The number of carboxylic acids is 1. The summed E-state index contributed by atoms with van der Waals surface area (Å²) in [6, 6.07) is 12.6. The molecular weight excluding hydrogens is 437 g/mol. The minimum absolute atomic E-state index is 0.0564. The summed E-state index contributed by atoms with van der Waals surface area (Å²) in [6.45, 7) is 0. The van der Waals surface area contributed by atoms with Crippen LogP contribution in [0.5, 0.6) is 0 Å². The van der Waals surface area contributed by atoms with E-state index in [1.807, 2.05) is 6.07 Å². The molecule has 0 radical (unpaired) electrons. The van der Waals surface area contributed by atoms with Crippen LogP contribution in [0.25, 0.3) is 11.1 Å². The molecule has 0 aliphatic carbocycles. The maximum atomic E-state index is 14.1. The molecule has 1 heterocycles. The summed E-state index contributed by atoms with van der Waals surface area (Å²) >= 11 is 5.97. The van der Waals surface area contributed by atoms with Crippen molar-refractivity contribution in [2.75, 3.05) is 0 Å². The van der Waals surface area contributed by atoms with Gasteiger partial charge in [-0.2, -0.15) is 5.26 Å². The van der Waals surface area contributed by atoms with Crippen LogP contribution in [0.3, 0.4) is 0 Å². The average molecular weight is 456 g/mol. The molecule has 0 aliphatic heterocycles. The molecule has 1 aromatic heterocycles. The number of carbonyl (C=O) groups excluding carboxylic acids is 1. The lowest BCUT2D eigenvalue weighted by molar-refractivity contribution is -0.142. The number of aromatic amines is 1. The van der Waals surface area contributed by atoms with Crippen molar-refractivity contribution in [3.05, 3.63) is 70.8 Å². The quantitative estimate of drug-likeness (QED) is 0.451. The van der Waals surface area contributed by atoms with Crippen molar-refractivity contribution in [1.29, 1.82) is 5.26 Å². The molecule has 0 fully saturated rings. The predicted octanol–water partition coefficient (Wildman–Crippen LogP) is 3.61. The van der Waals surface area contributed by atoms with E-state index in [2.05, 4.69) is 20.7 Å². The van der Waals surface area contributed by atoms with Crippen molar-refractivity contribution in [3.8, 4) is 17.2 Å². The van der Waals surface area contributed by atoms with Crippen molar-refractivity contribution >= 4 is 23.5 Å². The van der Waals surface area contributed by atoms with Gasteiger partial charge in [-0.25, -0.2) is 4.39 Å². The number of hydrogen-bond acceptors (Lipinski definition) is 5. The first-order chi connectivity index (χ1) is 15.4. The Hall–Kier alpha value is -3.77. The van der Waals surface area contributed by atoms with Crippen molar-refractivity contribution < 1.29 is 19.1 Å². The molecule has 32 heavy (non-hydrogen) atoms. The van der Waals surface area contributed by atoms with Gasteiger partial charge < -0.3 is 10.4 Å². The molecular formula is C22H19ClFN5O3. The lowest BCUT2D eigenvalue weighted by Crippen LogP contribution is -2.39. The fourth-order valence-corrected chi connectivity index (χ4v) is 3.48. The summed E-state index contributed by atoms with van der Waals surface area (Å²) in [4.78, 5) is 24.0. The minimum Gasteiger partial charge on any atom is -0.481 e. The van der Waals surface area contributed by atoms with Crippen LogP contribution in [0.2, 0.25) is 5.02 Å². The number of rotatable bonds is 9. The molecule has 2 unspecified atom stereocenters. The maximum absolute atomic E-state index is 14.1. The van der Waals surface area contributed by atoms with Crippen molar-refractivity contribution in [1.82, 2.24) is 20.7 Å². The van der Waals surface area contributed by atoms with Crippen LogP contribution >= 0.6 is 11.6 Å². The van der Waals surface area contributed by atoms with Gasteiger partial charge in [0.25, 0.3) is 5.91 Å². The van der Waals surface area contributed by atoms with Gasteiger partial charge in [-0.3, -0.25) is 14.7 Å². The number of halogens is 2. The van der Waals surface area contributed by atoms with Gasteiger partial charge in [0.15, 0.2) is 0 Å². The second-order valence-electron chi connectivity index (χ2n) is 7.20. The van der Waals surface area contributed by atoms with E-state index >= 15 is 0 Å². The molecule has 0 bridgehead atoms. The number of benzene rings is 2. The van der Waals surface area contributed by atoms with E-state index in [-0.39, 0.29) is 18.5 Å². The zero-order valence-corrected chi connectivity index (χ0v) is 17.5. The maximum Gasteiger partial charge on any atom is 0.307 e. The fraction of sp³-hybridized carbons (Fsp3) is 0.227. The Morgan fingerprint density at radius 1 is 1.25 bits per heavy atom. The summed E-state index contributed by atoms with van der Waals surface area (Å²) in [5.74, 6) is -2.94. The normalized spacial score (nSPS) is 12.5. The number of nitriles is 1. The van der Waals surface area contributed by atoms with Crippen molar-refractivity contribution in [3.63, 3.8) is 0 Å². The van der Waals surface area contributed by atoms with Gasteiger partial charge in [0, 0.05) is 23.0 Å². The van der Waals surface area contributed by atoms with Gasteiger partial charge in [0.2, 0.25) is 0 Å². The van der Waals surface area contributed by atoms with Gasteiger partial charge in [-0.1, -0.05) is 41.1 Å². The second-order valence-corrected chi connectivity index (χ2v) is 7.64. The first-order valence-electron chi connectivity index (χ1n) is 9.68. The highest BCUT2D eigenvalue weighted by molar-refractivity contribution is 6.30. The molecule has 164 valence electrons. The molecule has 2 aromatic carbocycles. The third kappa shape index (κ3) is 5.89. The second kappa shape index (κ2) is 10.5. The molecule has 1 amide bonds. The fourth-order valence-electron chi connectivity index (χ4n) is 3.31. The van der Waals surface area contributed by atoms with Gasteiger partial charge in [-0.15, -0.1) is 5.10 Å². The topological polar surface area (TPSA) is 132 Å². The number of amides is 1. The van der Waals surface area contributed by atoms with Gasteiger partial charge in [0.05, 0.1) is 18.2 Å². The van der Waals surface area contributed by atoms with Crippen LogP contribution in [0.1, 0.15) is 28.9 Å². The molecule has 3 rings (SSSR count). The predicted molar refractivity (Wildman–Crippen MR) is 114 cm³/mol. The monoisotopic (exact) mass is 455 g/mol. The van der Waals surface area contributed by atoms with Gasteiger partial charge in [-0.05, 0) is 42.2 Å². The number of aromatic nitrogens is 3. The van der Waals surface area contributed by atoms with E-state index in [1.54, 1.807) is 24.3 Å². The van der Waals surface area contributed by atoms with Crippen LogP contribution < -0.4 is 5.32 Å². The summed E-state index contributed by atoms with van der Waals surface area (Å²) in [5, 5.41) is 31.0. The number of nitrogens with zero attached hydrogens (tertiary/aromatic N) is 3. The van der Waals surface area contributed by atoms with Crippen LogP contribution in [-0.4, -0.2) is 38.4 Å². The van der Waals surface area contributed by atoms with E-state index in [1.165, 1.54) is 24.4 Å². The van der Waals surface area contributed by atoms with Crippen LogP contribution in [-0.2, 0) is 11.2 Å². The van der Waals surface area contributed by atoms with Crippen LogP contribution in [0.4, 0.5) is 4.39 Å². The highest BCUT2D eigenvalue weighted by Crippen LogP contribution is 2.27. The number of hydrogen-bond donors (Lipinski definition) is 3. The SMILES string of the molecule is N#CCC(CC(Cc1ccc(-c2cc(Cl)ccc2F)cc1)NC(=O)c1cnn[nH]1)C(=O)O. The van der Waals surface area contributed by atoms with E-state index < -0.39 is 29.7 Å². The number of carbonyl (C=O) groups is 2. The number of nitrogens with one attached hydrogen (secondary N) is 2. The third-order valence-electron chi connectivity index (χ3n) is 4.93. The first-order valence-corrected chi connectivity index (χ1v) is 10.1. The summed E-state index contributed by atoms with van der Waals surface area (Å²) < 4.78 is 14.1. The lowest BCUT2D eigenvalue weighted by Gasteiger charge is -2.21. The highest BCUT2D eigenvalue weighted by Gasteiger charge is 2.25. The Morgan fingerprint density at radius 3 is 2.62 bits per heavy atom. The van der Waals surface area contributed by atoms with Crippen LogP contribution in [0, 0.1) is 23.1 Å². The van der Waals surface area contributed by atoms with E-state index in [4.69, 9.17) is 16.9 Å². The zero-order chi connectivity index (χ0) is 23.1. The Kier molecular flexibility index (Phi) is 7.52. The molecule has 0 saturated carbocycles. The Balaban J connectivity index is 1.80. The standard InChI is InChI=1S/C22H19ClFN5O3/c23-16-5-6-19(24)18(11-16)14-3-1-13(2-4-14)9-17(10-15(7-8-25)22(31)32)27-21(30)20-12-26-29-28-20/h1-6,11-12,15,17H,7,9-10H2,(H,27,30)(H,31,32)(H,26,28,29). The molecule has 0 spiro atoms. The molecule has 10 heteroatoms. The molecule has 0 aliphatic rings. The minimum atomic E-state index is -1.11. The Bertz CT molecular complexity index is 1130. The zero-order valence-electron chi connectivity index (χ0n) is 16.8. The smallest absolute Gasteiger partial charge is 0.307 e. The molecule has 3 aromatic rings. The van der Waals surface area contributed by atoms with Gasteiger partial charge in [0.1, 0.15) is 11.5 Å². The molecule has 0 saturated heterocycles. The number of H-pyrrole nitrogens is 1.